The van der Waals surface area contributed by atoms with E-state index in [1.165, 1.54) is 11.8 Å². The fourth-order valence-corrected chi connectivity index (χ4v) is 3.57. The lowest BCUT2D eigenvalue weighted by Crippen LogP contribution is -2.06. The standard InChI is InChI=1S/C15H13N5S/c1-9-17-14-11-4-2-3-5-12(11)18-15(20(14)19-9)21-13(8-16)10-6-7-10/h2-5,10,13H,6-7H2,1H3. The monoisotopic (exact) mass is 295 g/mol. The maximum absolute atomic E-state index is 9.34. The van der Waals surface area contributed by atoms with Gasteiger partial charge in [0, 0.05) is 5.39 Å². The fourth-order valence-electron chi connectivity index (χ4n) is 2.45. The number of aryl methyl sites for hydroxylation is 1. The first-order valence-electron chi connectivity index (χ1n) is 6.94. The molecule has 4 rings (SSSR count). The minimum atomic E-state index is -0.0497. The summed E-state index contributed by atoms with van der Waals surface area (Å²) in [4.78, 5) is 9.20. The lowest BCUT2D eigenvalue weighted by molar-refractivity contribution is 0.788. The molecular weight excluding hydrogens is 282 g/mol. The van der Waals surface area contributed by atoms with E-state index in [2.05, 4.69) is 21.1 Å². The van der Waals surface area contributed by atoms with Crippen LogP contribution in [0.3, 0.4) is 0 Å². The first kappa shape index (κ1) is 12.6. The third-order valence-corrected chi connectivity index (χ3v) is 4.88. The summed E-state index contributed by atoms with van der Waals surface area (Å²) in [5.41, 5.74) is 1.71. The van der Waals surface area contributed by atoms with Crippen LogP contribution in [0, 0.1) is 24.2 Å². The molecule has 0 N–H and O–H groups in total. The molecule has 3 aromatic rings. The molecular formula is C15H13N5S. The predicted octanol–water partition coefficient (Wildman–Crippen LogP) is 2.98. The minimum absolute atomic E-state index is 0.0497. The quantitative estimate of drug-likeness (QED) is 0.549. The van der Waals surface area contributed by atoms with Gasteiger partial charge in [0.15, 0.2) is 10.8 Å². The second-order valence-corrected chi connectivity index (χ2v) is 6.42. The van der Waals surface area contributed by atoms with Gasteiger partial charge in [0.25, 0.3) is 0 Å². The number of hydrogen-bond donors (Lipinski definition) is 0. The molecule has 0 radical (unpaired) electrons. The number of nitriles is 1. The Morgan fingerprint density at radius 1 is 1.33 bits per heavy atom. The molecule has 2 aromatic heterocycles. The first-order chi connectivity index (χ1) is 10.3. The molecule has 6 heteroatoms. The summed E-state index contributed by atoms with van der Waals surface area (Å²) in [5.74, 6) is 1.21. The van der Waals surface area contributed by atoms with Crippen molar-refractivity contribution in [2.24, 2.45) is 5.92 Å². The summed E-state index contributed by atoms with van der Waals surface area (Å²) >= 11 is 1.51. The Balaban J connectivity index is 1.91. The van der Waals surface area contributed by atoms with E-state index in [1.807, 2.05) is 31.2 Å². The van der Waals surface area contributed by atoms with Crippen LogP contribution in [0.1, 0.15) is 18.7 Å². The third-order valence-electron chi connectivity index (χ3n) is 3.67. The van der Waals surface area contributed by atoms with Gasteiger partial charge in [-0.2, -0.15) is 9.78 Å². The molecule has 1 atom stereocenters. The van der Waals surface area contributed by atoms with Crippen molar-refractivity contribution in [2.45, 2.75) is 30.2 Å². The van der Waals surface area contributed by atoms with Crippen LogP contribution in [-0.4, -0.2) is 24.8 Å². The second kappa shape index (κ2) is 4.71. The van der Waals surface area contributed by atoms with Gasteiger partial charge < -0.3 is 0 Å². The van der Waals surface area contributed by atoms with Gasteiger partial charge in [-0.25, -0.2) is 9.97 Å². The van der Waals surface area contributed by atoms with Crippen LogP contribution in [0.5, 0.6) is 0 Å². The number of benzene rings is 1. The van der Waals surface area contributed by atoms with Crippen molar-refractivity contribution in [1.29, 1.82) is 5.26 Å². The van der Waals surface area contributed by atoms with Gasteiger partial charge in [-0.15, -0.1) is 5.10 Å². The summed E-state index contributed by atoms with van der Waals surface area (Å²) < 4.78 is 1.77. The van der Waals surface area contributed by atoms with Crippen LogP contribution in [-0.2, 0) is 0 Å². The topological polar surface area (TPSA) is 66.9 Å². The molecule has 1 unspecified atom stereocenters. The molecule has 0 amide bonds. The molecule has 2 heterocycles. The van der Waals surface area contributed by atoms with Crippen molar-refractivity contribution in [2.75, 3.05) is 0 Å². The highest BCUT2D eigenvalue weighted by molar-refractivity contribution is 8.00. The van der Waals surface area contributed by atoms with Crippen molar-refractivity contribution in [3.63, 3.8) is 0 Å². The van der Waals surface area contributed by atoms with Crippen LogP contribution in [0.2, 0.25) is 0 Å². The molecule has 1 aromatic carbocycles. The third kappa shape index (κ3) is 2.14. The average Bonchev–Trinajstić information content (AvgIpc) is 3.25. The van der Waals surface area contributed by atoms with E-state index in [0.717, 1.165) is 40.4 Å². The van der Waals surface area contributed by atoms with E-state index in [9.17, 15) is 5.26 Å². The van der Waals surface area contributed by atoms with E-state index in [1.54, 1.807) is 4.52 Å². The average molecular weight is 295 g/mol. The molecule has 21 heavy (non-hydrogen) atoms. The Morgan fingerprint density at radius 3 is 2.90 bits per heavy atom. The lowest BCUT2D eigenvalue weighted by atomic mass is 10.2. The van der Waals surface area contributed by atoms with Crippen LogP contribution < -0.4 is 0 Å². The highest BCUT2D eigenvalue weighted by atomic mass is 32.2. The Hall–Kier alpha value is -2.13. The van der Waals surface area contributed by atoms with Crippen LogP contribution in [0.4, 0.5) is 0 Å². The molecule has 0 spiro atoms. The molecule has 5 nitrogen and oxygen atoms in total. The van der Waals surface area contributed by atoms with Gasteiger partial charge in [-0.1, -0.05) is 23.9 Å². The zero-order valence-corrected chi connectivity index (χ0v) is 12.3. The Labute approximate surface area is 126 Å². The highest BCUT2D eigenvalue weighted by Gasteiger charge is 2.33. The molecule has 1 aliphatic rings. The predicted molar refractivity (Wildman–Crippen MR) is 81.0 cm³/mol. The fraction of sp³-hybridized carbons (Fsp3) is 0.333. The van der Waals surface area contributed by atoms with Crippen molar-refractivity contribution in [3.05, 3.63) is 30.1 Å². The molecule has 1 fully saturated rings. The van der Waals surface area contributed by atoms with Crippen molar-refractivity contribution < 1.29 is 0 Å². The Bertz CT molecular complexity index is 875. The molecule has 1 aliphatic carbocycles. The minimum Gasteiger partial charge on any atom is -0.222 e. The van der Waals surface area contributed by atoms with Crippen molar-refractivity contribution in [1.82, 2.24) is 19.6 Å². The molecule has 0 bridgehead atoms. The Kier molecular flexibility index (Phi) is 2.82. The lowest BCUT2D eigenvalue weighted by Gasteiger charge is -2.09. The summed E-state index contributed by atoms with van der Waals surface area (Å²) in [5, 5.41) is 15.5. The molecule has 1 saturated carbocycles. The smallest absolute Gasteiger partial charge is 0.192 e. The number of rotatable bonds is 3. The zero-order chi connectivity index (χ0) is 14.4. The van der Waals surface area contributed by atoms with Crippen LogP contribution in [0.25, 0.3) is 16.6 Å². The molecule has 0 saturated heterocycles. The number of thioether (sulfide) groups is 1. The molecule has 104 valence electrons. The van der Waals surface area contributed by atoms with Crippen LogP contribution in [0.15, 0.2) is 29.4 Å². The van der Waals surface area contributed by atoms with E-state index < -0.39 is 0 Å². The number of nitrogens with zero attached hydrogens (tertiary/aromatic N) is 5. The van der Waals surface area contributed by atoms with E-state index in [4.69, 9.17) is 0 Å². The van der Waals surface area contributed by atoms with Gasteiger partial charge in [0.1, 0.15) is 11.1 Å². The summed E-state index contributed by atoms with van der Waals surface area (Å²) in [7, 11) is 0. The highest BCUT2D eigenvalue weighted by Crippen LogP contribution is 2.41. The van der Waals surface area contributed by atoms with Gasteiger partial charge in [-0.3, -0.25) is 0 Å². The van der Waals surface area contributed by atoms with E-state index in [-0.39, 0.29) is 5.25 Å². The Morgan fingerprint density at radius 2 is 2.14 bits per heavy atom. The van der Waals surface area contributed by atoms with Gasteiger partial charge in [-0.05, 0) is 37.8 Å². The normalized spacial score (nSPS) is 16.2. The summed E-state index contributed by atoms with van der Waals surface area (Å²) in [6, 6.07) is 10.3. The van der Waals surface area contributed by atoms with Crippen LogP contribution >= 0.6 is 11.8 Å². The number of aromatic nitrogens is 4. The molecule has 0 aliphatic heterocycles. The first-order valence-corrected chi connectivity index (χ1v) is 7.82. The summed E-state index contributed by atoms with van der Waals surface area (Å²) in [6.45, 7) is 1.87. The van der Waals surface area contributed by atoms with Crippen molar-refractivity contribution in [3.8, 4) is 6.07 Å². The number of para-hydroxylation sites is 1. The largest absolute Gasteiger partial charge is 0.222 e. The second-order valence-electron chi connectivity index (χ2n) is 5.31. The summed E-state index contributed by atoms with van der Waals surface area (Å²) in [6.07, 6.45) is 2.27. The maximum atomic E-state index is 9.34. The zero-order valence-electron chi connectivity index (χ0n) is 11.5. The van der Waals surface area contributed by atoms with E-state index >= 15 is 0 Å². The maximum Gasteiger partial charge on any atom is 0.192 e. The number of fused-ring (bicyclic) bond motifs is 3. The van der Waals surface area contributed by atoms with Crippen molar-refractivity contribution >= 4 is 28.3 Å². The SMILES string of the molecule is Cc1nc2c3ccccc3nc(SC(C#N)C3CC3)n2n1. The van der Waals surface area contributed by atoms with E-state index in [0.29, 0.717) is 5.92 Å². The van der Waals surface area contributed by atoms with Gasteiger partial charge in [0.2, 0.25) is 0 Å². The van der Waals surface area contributed by atoms with Gasteiger partial charge in [0.05, 0.1) is 11.6 Å². The van der Waals surface area contributed by atoms with Gasteiger partial charge >= 0.3 is 0 Å². The number of hydrogen-bond acceptors (Lipinski definition) is 5.